The summed E-state index contributed by atoms with van der Waals surface area (Å²) in [6.45, 7) is 0. The number of hydrogen-bond donors (Lipinski definition) is 2. The van der Waals surface area contributed by atoms with Crippen LogP contribution in [0, 0.1) is 11.3 Å². The minimum absolute atomic E-state index is 0.181. The van der Waals surface area contributed by atoms with Gasteiger partial charge in [0.05, 0.1) is 18.4 Å². The molecule has 0 fully saturated rings. The lowest BCUT2D eigenvalue weighted by Gasteiger charge is -2.09. The number of nitrogens with one attached hydrogen (secondary N) is 2. The summed E-state index contributed by atoms with van der Waals surface area (Å²) in [5.74, 6) is 0.656. The molecule has 1 heterocycles. The van der Waals surface area contributed by atoms with Crippen molar-refractivity contribution in [3.63, 3.8) is 0 Å². The Morgan fingerprint density at radius 2 is 2.00 bits per heavy atom. The Hall–Kier alpha value is -2.40. The summed E-state index contributed by atoms with van der Waals surface area (Å²) in [7, 11) is 3.16. The Balaban J connectivity index is 2.39. The number of methoxy groups -OCH3 is 1. The molecule has 0 spiro atoms. The van der Waals surface area contributed by atoms with Crippen molar-refractivity contribution in [2.45, 2.75) is 0 Å². The number of anilines is 3. The van der Waals surface area contributed by atoms with E-state index in [1.54, 1.807) is 25.2 Å². The zero-order valence-corrected chi connectivity index (χ0v) is 12.4. The van der Waals surface area contributed by atoms with E-state index >= 15 is 0 Å². The van der Waals surface area contributed by atoms with Crippen molar-refractivity contribution in [3.05, 3.63) is 28.2 Å². The summed E-state index contributed by atoms with van der Waals surface area (Å²) in [4.78, 5) is 12.2. The van der Waals surface area contributed by atoms with Gasteiger partial charge in [0.1, 0.15) is 6.07 Å². The SMILES string of the molecule is CNc1nc(Nc2cc(Br)ccc2C#N)nc(OC)n1. The Kier molecular flexibility index (Phi) is 4.32. The lowest BCUT2D eigenvalue weighted by Crippen LogP contribution is -2.06. The fourth-order valence-corrected chi connectivity index (χ4v) is 1.81. The Morgan fingerprint density at radius 3 is 2.65 bits per heavy atom. The van der Waals surface area contributed by atoms with Crippen LogP contribution in [0.5, 0.6) is 6.01 Å². The number of benzene rings is 1. The molecule has 0 atom stereocenters. The van der Waals surface area contributed by atoms with Gasteiger partial charge in [-0.15, -0.1) is 0 Å². The minimum Gasteiger partial charge on any atom is -0.467 e. The molecule has 0 saturated heterocycles. The van der Waals surface area contributed by atoms with E-state index < -0.39 is 0 Å². The van der Waals surface area contributed by atoms with Gasteiger partial charge in [-0.3, -0.25) is 0 Å². The van der Waals surface area contributed by atoms with Crippen molar-refractivity contribution >= 4 is 33.5 Å². The predicted octanol–water partition coefficient (Wildman–Crippen LogP) is 2.30. The van der Waals surface area contributed by atoms with E-state index in [4.69, 9.17) is 10.00 Å². The molecule has 1 aromatic carbocycles. The number of aromatic nitrogens is 3. The normalized spacial score (nSPS) is 9.70. The first-order chi connectivity index (χ1) is 9.66. The largest absolute Gasteiger partial charge is 0.467 e. The Bertz CT molecular complexity index is 647. The third-order valence-electron chi connectivity index (χ3n) is 2.37. The molecular weight excluding hydrogens is 324 g/mol. The number of nitriles is 1. The first-order valence-corrected chi connectivity index (χ1v) is 6.40. The average Bonchev–Trinajstić information content (AvgIpc) is 2.47. The second kappa shape index (κ2) is 6.16. The lowest BCUT2D eigenvalue weighted by atomic mass is 10.2. The van der Waals surface area contributed by atoms with Crippen LogP contribution in [0.15, 0.2) is 22.7 Å². The van der Waals surface area contributed by atoms with Crippen LogP contribution in [0.3, 0.4) is 0 Å². The molecule has 0 aliphatic heterocycles. The van der Waals surface area contributed by atoms with E-state index in [1.165, 1.54) is 7.11 Å². The number of nitrogens with zero attached hydrogens (tertiary/aromatic N) is 4. The molecule has 7 nitrogen and oxygen atoms in total. The van der Waals surface area contributed by atoms with Crippen LogP contribution in [0.25, 0.3) is 0 Å². The quantitative estimate of drug-likeness (QED) is 0.885. The van der Waals surface area contributed by atoms with E-state index in [0.717, 1.165) is 4.47 Å². The van der Waals surface area contributed by atoms with Crippen LogP contribution in [-0.4, -0.2) is 29.1 Å². The molecule has 2 aromatic rings. The summed E-state index contributed by atoms with van der Waals surface area (Å²) in [5.41, 5.74) is 1.08. The third kappa shape index (κ3) is 3.13. The number of rotatable bonds is 4. The molecule has 0 radical (unpaired) electrons. The molecule has 2 N–H and O–H groups in total. The standard InChI is InChI=1S/C12H11BrN6O/c1-15-10-17-11(19-12(18-10)20-2)16-9-5-8(13)4-3-7(9)6-14/h3-5H,1-2H3,(H2,15,16,17,18,19). The maximum absolute atomic E-state index is 9.09. The van der Waals surface area contributed by atoms with Crippen LogP contribution >= 0.6 is 15.9 Å². The van der Waals surface area contributed by atoms with Gasteiger partial charge in [0, 0.05) is 11.5 Å². The molecule has 0 aliphatic rings. The van der Waals surface area contributed by atoms with E-state index in [2.05, 4.69) is 47.6 Å². The molecule has 20 heavy (non-hydrogen) atoms. The maximum atomic E-state index is 9.09. The van der Waals surface area contributed by atoms with Gasteiger partial charge >= 0.3 is 6.01 Å². The molecule has 2 rings (SSSR count). The summed E-state index contributed by atoms with van der Waals surface area (Å²) >= 11 is 3.36. The number of halogens is 1. The van der Waals surface area contributed by atoms with Crippen molar-refractivity contribution in [2.75, 3.05) is 24.8 Å². The fourth-order valence-electron chi connectivity index (χ4n) is 1.45. The minimum atomic E-state index is 0.181. The number of hydrogen-bond acceptors (Lipinski definition) is 7. The highest BCUT2D eigenvalue weighted by molar-refractivity contribution is 9.10. The maximum Gasteiger partial charge on any atom is 0.322 e. The molecule has 0 unspecified atom stereocenters. The second-order valence-electron chi connectivity index (χ2n) is 3.65. The van der Waals surface area contributed by atoms with Gasteiger partial charge in [-0.25, -0.2) is 0 Å². The second-order valence-corrected chi connectivity index (χ2v) is 4.56. The highest BCUT2D eigenvalue weighted by Crippen LogP contribution is 2.24. The van der Waals surface area contributed by atoms with Gasteiger partial charge in [0.2, 0.25) is 11.9 Å². The highest BCUT2D eigenvalue weighted by Gasteiger charge is 2.09. The Labute approximate surface area is 124 Å². The van der Waals surface area contributed by atoms with E-state index in [9.17, 15) is 0 Å². The van der Waals surface area contributed by atoms with Crippen LogP contribution in [0.4, 0.5) is 17.6 Å². The first-order valence-electron chi connectivity index (χ1n) is 5.60. The summed E-state index contributed by atoms with van der Waals surface area (Å²) in [6.07, 6.45) is 0. The van der Waals surface area contributed by atoms with E-state index in [0.29, 0.717) is 17.2 Å². The number of ether oxygens (including phenoxy) is 1. The molecule has 0 aliphatic carbocycles. The van der Waals surface area contributed by atoms with E-state index in [-0.39, 0.29) is 12.0 Å². The smallest absolute Gasteiger partial charge is 0.322 e. The van der Waals surface area contributed by atoms with Gasteiger partial charge in [-0.2, -0.15) is 20.2 Å². The summed E-state index contributed by atoms with van der Waals surface area (Å²) < 4.78 is 5.84. The van der Waals surface area contributed by atoms with Gasteiger partial charge in [0.25, 0.3) is 0 Å². The van der Waals surface area contributed by atoms with E-state index in [1.807, 2.05) is 0 Å². The van der Waals surface area contributed by atoms with Crippen molar-refractivity contribution in [3.8, 4) is 12.1 Å². The zero-order valence-electron chi connectivity index (χ0n) is 10.8. The van der Waals surface area contributed by atoms with Crippen molar-refractivity contribution in [1.82, 2.24) is 15.0 Å². The van der Waals surface area contributed by atoms with Gasteiger partial charge in [-0.05, 0) is 18.2 Å². The molecule has 1 aromatic heterocycles. The molecule has 0 saturated carbocycles. The third-order valence-corrected chi connectivity index (χ3v) is 2.86. The van der Waals surface area contributed by atoms with Crippen molar-refractivity contribution in [2.24, 2.45) is 0 Å². The molecule has 8 heteroatoms. The van der Waals surface area contributed by atoms with Crippen LogP contribution in [0.1, 0.15) is 5.56 Å². The fraction of sp³-hybridized carbons (Fsp3) is 0.167. The average molecular weight is 335 g/mol. The van der Waals surface area contributed by atoms with Crippen molar-refractivity contribution < 1.29 is 4.74 Å². The summed E-state index contributed by atoms with van der Waals surface area (Å²) in [5, 5.41) is 14.9. The van der Waals surface area contributed by atoms with Gasteiger partial charge in [0.15, 0.2) is 0 Å². The van der Waals surface area contributed by atoms with Gasteiger partial charge in [-0.1, -0.05) is 15.9 Å². The zero-order chi connectivity index (χ0) is 14.5. The topological polar surface area (TPSA) is 95.8 Å². The molecule has 0 bridgehead atoms. The first kappa shape index (κ1) is 14.0. The van der Waals surface area contributed by atoms with Crippen LogP contribution < -0.4 is 15.4 Å². The highest BCUT2D eigenvalue weighted by atomic mass is 79.9. The van der Waals surface area contributed by atoms with Crippen LogP contribution in [0.2, 0.25) is 0 Å². The monoisotopic (exact) mass is 334 g/mol. The molecule has 0 amide bonds. The lowest BCUT2D eigenvalue weighted by molar-refractivity contribution is 0.379. The van der Waals surface area contributed by atoms with Gasteiger partial charge < -0.3 is 15.4 Å². The summed E-state index contributed by atoms with van der Waals surface area (Å²) in [6, 6.07) is 7.54. The van der Waals surface area contributed by atoms with Crippen molar-refractivity contribution in [1.29, 1.82) is 5.26 Å². The van der Waals surface area contributed by atoms with Crippen LogP contribution in [-0.2, 0) is 0 Å². The Morgan fingerprint density at radius 1 is 1.25 bits per heavy atom. The molecular formula is C12H11BrN6O. The molecule has 102 valence electrons. The predicted molar refractivity (Wildman–Crippen MR) is 78.1 cm³/mol.